The number of aryl methyl sites for hydroxylation is 1. The maximum Gasteiger partial charge on any atom is 0.243 e. The fourth-order valence-electron chi connectivity index (χ4n) is 4.55. The molecule has 1 heterocycles. The van der Waals surface area contributed by atoms with Crippen LogP contribution in [-0.2, 0) is 26.0 Å². The average molecular weight is 494 g/mol. The quantitative estimate of drug-likeness (QED) is 0.529. The van der Waals surface area contributed by atoms with E-state index in [1.54, 1.807) is 12.1 Å². The molecule has 8 heteroatoms. The molecule has 2 N–H and O–H groups in total. The maximum atomic E-state index is 13.2. The minimum absolute atomic E-state index is 0.153. The Morgan fingerprint density at radius 3 is 2.37 bits per heavy atom. The molecule has 35 heavy (non-hydrogen) atoms. The molecule has 0 aromatic heterocycles. The van der Waals surface area contributed by atoms with Crippen molar-refractivity contribution < 1.29 is 18.0 Å². The van der Waals surface area contributed by atoms with E-state index >= 15 is 0 Å². The molecule has 3 aromatic rings. The van der Waals surface area contributed by atoms with E-state index in [4.69, 9.17) is 0 Å². The van der Waals surface area contributed by atoms with E-state index in [9.17, 15) is 18.0 Å². The van der Waals surface area contributed by atoms with Crippen LogP contribution in [0.25, 0.3) is 10.8 Å². The summed E-state index contributed by atoms with van der Waals surface area (Å²) in [5.74, 6) is -0.522. The van der Waals surface area contributed by atoms with E-state index in [-0.39, 0.29) is 22.8 Å². The molecule has 0 radical (unpaired) electrons. The topological polar surface area (TPSA) is 95.6 Å². The minimum atomic E-state index is -3.62. The molecule has 1 aliphatic rings. The van der Waals surface area contributed by atoms with Crippen molar-refractivity contribution in [1.29, 1.82) is 0 Å². The van der Waals surface area contributed by atoms with Crippen LogP contribution in [0.2, 0.25) is 0 Å². The first kappa shape index (κ1) is 24.9. The highest BCUT2D eigenvalue weighted by Gasteiger charge is 2.31. The number of hydrogen-bond donors (Lipinski definition) is 2. The molecule has 1 saturated heterocycles. The lowest BCUT2D eigenvalue weighted by atomic mass is 10.0. The number of carbonyl (C=O) groups is 2. The van der Waals surface area contributed by atoms with Gasteiger partial charge in [0.15, 0.2) is 0 Å². The van der Waals surface area contributed by atoms with Gasteiger partial charge in [-0.3, -0.25) is 9.59 Å². The second-order valence-corrected chi connectivity index (χ2v) is 11.1. The molecule has 0 aliphatic carbocycles. The van der Waals surface area contributed by atoms with Crippen LogP contribution in [0.4, 0.5) is 0 Å². The third kappa shape index (κ3) is 6.07. The fourth-order valence-corrected chi connectivity index (χ4v) is 6.05. The highest BCUT2D eigenvalue weighted by atomic mass is 32.2. The van der Waals surface area contributed by atoms with Gasteiger partial charge in [-0.2, -0.15) is 4.31 Å². The van der Waals surface area contributed by atoms with Gasteiger partial charge in [0.05, 0.1) is 4.90 Å². The predicted molar refractivity (Wildman–Crippen MR) is 136 cm³/mol. The van der Waals surface area contributed by atoms with E-state index < -0.39 is 16.1 Å². The third-order valence-electron chi connectivity index (χ3n) is 6.38. The van der Waals surface area contributed by atoms with Crippen LogP contribution in [0.5, 0.6) is 0 Å². The Morgan fingerprint density at radius 1 is 0.971 bits per heavy atom. The van der Waals surface area contributed by atoms with Crippen molar-refractivity contribution in [1.82, 2.24) is 14.9 Å². The van der Waals surface area contributed by atoms with Crippen molar-refractivity contribution in [2.45, 2.75) is 50.1 Å². The molecule has 0 spiro atoms. The molecular weight excluding hydrogens is 462 g/mol. The van der Waals surface area contributed by atoms with E-state index in [0.717, 1.165) is 21.9 Å². The number of fused-ring (bicyclic) bond motifs is 1. The lowest BCUT2D eigenvalue weighted by Gasteiger charge is -2.32. The van der Waals surface area contributed by atoms with Crippen molar-refractivity contribution >= 4 is 32.6 Å². The van der Waals surface area contributed by atoms with Crippen LogP contribution in [0.1, 0.15) is 30.9 Å². The third-order valence-corrected chi connectivity index (χ3v) is 8.27. The van der Waals surface area contributed by atoms with Gasteiger partial charge in [0.25, 0.3) is 0 Å². The van der Waals surface area contributed by atoms with Gasteiger partial charge in [-0.25, -0.2) is 8.42 Å². The molecular formula is C27H31N3O4S. The summed E-state index contributed by atoms with van der Waals surface area (Å²) in [5, 5.41) is 7.64. The number of sulfonamides is 1. The maximum absolute atomic E-state index is 13.2. The molecule has 184 valence electrons. The number of rotatable bonds is 7. The second kappa shape index (κ2) is 10.6. The zero-order valence-electron chi connectivity index (χ0n) is 20.0. The molecule has 0 unspecified atom stereocenters. The van der Waals surface area contributed by atoms with Crippen molar-refractivity contribution in [2.24, 2.45) is 0 Å². The van der Waals surface area contributed by atoms with Gasteiger partial charge in [0.1, 0.15) is 6.04 Å². The first-order chi connectivity index (χ1) is 16.7. The lowest BCUT2D eigenvalue weighted by Crippen LogP contribution is -2.53. The Kier molecular flexibility index (Phi) is 7.52. The van der Waals surface area contributed by atoms with Crippen molar-refractivity contribution in [3.05, 3.63) is 77.9 Å². The Balaban J connectivity index is 1.38. The fraction of sp³-hybridized carbons (Fsp3) is 0.333. The monoisotopic (exact) mass is 493 g/mol. The van der Waals surface area contributed by atoms with E-state index in [1.165, 1.54) is 11.2 Å². The predicted octanol–water partition coefficient (Wildman–Crippen LogP) is 3.16. The van der Waals surface area contributed by atoms with E-state index in [2.05, 4.69) is 10.6 Å². The SMILES string of the molecule is CC(=O)N[C@@H](Cc1cccc(C)c1)C(=O)NC1CCN(S(=O)(=O)c2ccc3ccccc3c2)CC1. The van der Waals surface area contributed by atoms with Gasteiger partial charge in [0, 0.05) is 32.5 Å². The normalized spacial score (nSPS) is 16.1. The Labute approximate surface area is 206 Å². The molecule has 0 saturated carbocycles. The largest absolute Gasteiger partial charge is 0.351 e. The van der Waals surface area contributed by atoms with Gasteiger partial charge in [-0.1, -0.05) is 60.2 Å². The number of nitrogens with zero attached hydrogens (tertiary/aromatic N) is 1. The number of benzene rings is 3. The number of amides is 2. The summed E-state index contributed by atoms with van der Waals surface area (Å²) in [4.78, 5) is 25.0. The highest BCUT2D eigenvalue weighted by molar-refractivity contribution is 7.89. The van der Waals surface area contributed by atoms with Gasteiger partial charge < -0.3 is 10.6 Å². The number of piperidine rings is 1. The van der Waals surface area contributed by atoms with Crippen molar-refractivity contribution in [2.75, 3.05) is 13.1 Å². The second-order valence-electron chi connectivity index (χ2n) is 9.14. The summed E-state index contributed by atoms with van der Waals surface area (Å²) in [6, 6.07) is 19.9. The summed E-state index contributed by atoms with van der Waals surface area (Å²) < 4.78 is 27.9. The summed E-state index contributed by atoms with van der Waals surface area (Å²) >= 11 is 0. The molecule has 1 fully saturated rings. The Bertz CT molecular complexity index is 1330. The summed E-state index contributed by atoms with van der Waals surface area (Å²) in [6.45, 7) is 4.02. The van der Waals surface area contributed by atoms with Gasteiger partial charge in [0.2, 0.25) is 21.8 Å². The van der Waals surface area contributed by atoms with Crippen LogP contribution in [0.15, 0.2) is 71.6 Å². The highest BCUT2D eigenvalue weighted by Crippen LogP contribution is 2.24. The van der Waals surface area contributed by atoms with Crippen LogP contribution in [0.3, 0.4) is 0 Å². The molecule has 3 aromatic carbocycles. The number of nitrogens with one attached hydrogen (secondary N) is 2. The molecule has 0 bridgehead atoms. The van der Waals surface area contributed by atoms with Gasteiger partial charge in [-0.05, 0) is 48.2 Å². The zero-order chi connectivity index (χ0) is 25.0. The number of hydrogen-bond acceptors (Lipinski definition) is 4. The molecule has 7 nitrogen and oxygen atoms in total. The van der Waals surface area contributed by atoms with Gasteiger partial charge in [-0.15, -0.1) is 0 Å². The van der Waals surface area contributed by atoms with Crippen LogP contribution in [-0.4, -0.2) is 49.7 Å². The van der Waals surface area contributed by atoms with E-state index in [0.29, 0.717) is 32.4 Å². The minimum Gasteiger partial charge on any atom is -0.351 e. The summed E-state index contributed by atoms with van der Waals surface area (Å²) in [5.41, 5.74) is 2.06. The molecule has 4 rings (SSSR count). The zero-order valence-corrected chi connectivity index (χ0v) is 20.8. The smallest absolute Gasteiger partial charge is 0.243 e. The summed E-state index contributed by atoms with van der Waals surface area (Å²) in [6.07, 6.45) is 1.41. The molecule has 1 atom stereocenters. The Morgan fingerprint density at radius 2 is 1.69 bits per heavy atom. The Hall–Kier alpha value is -3.23. The van der Waals surface area contributed by atoms with Crippen molar-refractivity contribution in [3.8, 4) is 0 Å². The first-order valence-corrected chi connectivity index (χ1v) is 13.3. The molecule has 2 amide bonds. The van der Waals surface area contributed by atoms with Crippen LogP contribution < -0.4 is 10.6 Å². The first-order valence-electron chi connectivity index (χ1n) is 11.8. The average Bonchev–Trinajstić information content (AvgIpc) is 2.83. The van der Waals surface area contributed by atoms with Crippen LogP contribution in [0, 0.1) is 6.92 Å². The van der Waals surface area contributed by atoms with E-state index in [1.807, 2.05) is 61.5 Å². The van der Waals surface area contributed by atoms with Gasteiger partial charge >= 0.3 is 0 Å². The lowest BCUT2D eigenvalue weighted by molar-refractivity contribution is -0.128. The summed E-state index contributed by atoms with van der Waals surface area (Å²) in [7, 11) is -3.62. The molecule has 1 aliphatic heterocycles. The number of carbonyl (C=O) groups excluding carboxylic acids is 2. The van der Waals surface area contributed by atoms with Crippen LogP contribution >= 0.6 is 0 Å². The van der Waals surface area contributed by atoms with Crippen molar-refractivity contribution in [3.63, 3.8) is 0 Å². The standard InChI is InChI=1S/C27H31N3O4S/c1-19-6-5-7-21(16-19)17-26(28-20(2)31)27(32)29-24-12-14-30(15-13-24)35(33,34)25-11-10-22-8-3-4-9-23(22)18-25/h3-11,16,18,24,26H,12-15,17H2,1-2H3,(H,28,31)(H,29,32)/t26-/m0/s1.